The second-order valence-corrected chi connectivity index (χ2v) is 6.88. The van der Waals surface area contributed by atoms with Crippen molar-refractivity contribution in [1.29, 1.82) is 0 Å². The van der Waals surface area contributed by atoms with Crippen LogP contribution < -0.4 is 4.31 Å². The summed E-state index contributed by atoms with van der Waals surface area (Å²) in [6.45, 7) is 2.04. The topological polar surface area (TPSA) is 37.4 Å². The maximum Gasteiger partial charge on any atom is 0.264 e. The normalized spacial score (nSPS) is 11.3. The van der Waals surface area contributed by atoms with Crippen LogP contribution in [0.15, 0.2) is 57.9 Å². The van der Waals surface area contributed by atoms with Crippen LogP contribution in [-0.4, -0.2) is 15.0 Å². The predicted molar refractivity (Wildman–Crippen MR) is 80.7 cm³/mol. The molecule has 0 fully saturated rings. The molecule has 2 rings (SSSR count). The summed E-state index contributed by atoms with van der Waals surface area (Å²) < 4.78 is 40.1. The summed E-state index contributed by atoms with van der Waals surface area (Å²) in [4.78, 5) is 0.0701. The summed E-state index contributed by atoms with van der Waals surface area (Å²) in [5.74, 6) is -0.463. The molecule has 2 aromatic rings. The van der Waals surface area contributed by atoms with Gasteiger partial charge in [-0.2, -0.15) is 0 Å². The summed E-state index contributed by atoms with van der Waals surface area (Å²) in [7, 11) is -3.69. The molecule has 0 radical (unpaired) electrons. The molecule has 0 unspecified atom stereocenters. The van der Waals surface area contributed by atoms with Gasteiger partial charge in [-0.05, 0) is 49.4 Å². The van der Waals surface area contributed by atoms with E-state index in [1.807, 2.05) is 6.07 Å². The smallest absolute Gasteiger partial charge is 0.264 e. The summed E-state index contributed by atoms with van der Waals surface area (Å²) in [6, 6.07) is 11.9. The number of halogens is 2. The van der Waals surface area contributed by atoms with Gasteiger partial charge in [-0.3, -0.25) is 4.31 Å². The van der Waals surface area contributed by atoms with Crippen LogP contribution in [0, 0.1) is 5.82 Å². The Hall–Kier alpha value is -1.40. The van der Waals surface area contributed by atoms with Crippen LogP contribution in [0.1, 0.15) is 6.92 Å². The average molecular weight is 358 g/mol. The fourth-order valence-corrected chi connectivity index (χ4v) is 3.71. The van der Waals surface area contributed by atoms with E-state index in [0.717, 1.165) is 16.6 Å². The Morgan fingerprint density at radius 2 is 1.80 bits per heavy atom. The predicted octanol–water partition coefficient (Wildman–Crippen LogP) is 3.80. The molecular weight excluding hydrogens is 345 g/mol. The highest BCUT2D eigenvalue weighted by Crippen LogP contribution is 2.26. The van der Waals surface area contributed by atoms with E-state index in [4.69, 9.17) is 0 Å². The maximum absolute atomic E-state index is 12.9. The number of anilines is 1. The molecule has 0 saturated carbocycles. The van der Waals surface area contributed by atoms with Crippen molar-refractivity contribution in [2.75, 3.05) is 10.8 Å². The van der Waals surface area contributed by atoms with Gasteiger partial charge in [0.15, 0.2) is 0 Å². The maximum atomic E-state index is 12.9. The van der Waals surface area contributed by atoms with Gasteiger partial charge in [-0.25, -0.2) is 12.8 Å². The van der Waals surface area contributed by atoms with Gasteiger partial charge >= 0.3 is 0 Å². The minimum atomic E-state index is -3.69. The zero-order valence-corrected chi connectivity index (χ0v) is 13.2. The van der Waals surface area contributed by atoms with Crippen molar-refractivity contribution in [3.63, 3.8) is 0 Å². The van der Waals surface area contributed by atoms with E-state index in [9.17, 15) is 12.8 Å². The third kappa shape index (κ3) is 3.02. The first-order valence-corrected chi connectivity index (χ1v) is 8.22. The van der Waals surface area contributed by atoms with Gasteiger partial charge in [-0.15, -0.1) is 0 Å². The first-order valence-electron chi connectivity index (χ1n) is 5.99. The Balaban J connectivity index is 2.47. The van der Waals surface area contributed by atoms with E-state index < -0.39 is 15.8 Å². The molecule has 0 spiro atoms. The Morgan fingerprint density at radius 1 is 1.15 bits per heavy atom. The molecule has 3 nitrogen and oxygen atoms in total. The molecule has 0 bridgehead atoms. The number of hydrogen-bond donors (Lipinski definition) is 0. The molecule has 106 valence electrons. The Labute approximate surface area is 126 Å². The van der Waals surface area contributed by atoms with Gasteiger partial charge in [-0.1, -0.05) is 22.0 Å². The molecule has 6 heteroatoms. The molecule has 0 aromatic heterocycles. The molecule has 0 N–H and O–H groups in total. The first-order chi connectivity index (χ1) is 9.45. The van der Waals surface area contributed by atoms with E-state index in [1.54, 1.807) is 25.1 Å². The van der Waals surface area contributed by atoms with Crippen LogP contribution in [0.4, 0.5) is 10.1 Å². The van der Waals surface area contributed by atoms with E-state index in [-0.39, 0.29) is 11.4 Å². The molecule has 2 aromatic carbocycles. The molecule has 0 amide bonds. The van der Waals surface area contributed by atoms with Crippen LogP contribution in [0.3, 0.4) is 0 Å². The van der Waals surface area contributed by atoms with Gasteiger partial charge in [0.1, 0.15) is 5.82 Å². The molecular formula is C14H13BrFNO2S. The average Bonchev–Trinajstić information content (AvgIpc) is 2.40. The summed E-state index contributed by atoms with van der Waals surface area (Å²) in [5, 5.41) is 0. The highest BCUT2D eigenvalue weighted by atomic mass is 79.9. The SMILES string of the molecule is CCN(c1cccc(Br)c1)S(=O)(=O)c1ccc(F)cc1. The highest BCUT2D eigenvalue weighted by Gasteiger charge is 2.23. The third-order valence-electron chi connectivity index (χ3n) is 2.79. The van der Waals surface area contributed by atoms with Gasteiger partial charge < -0.3 is 0 Å². The molecule has 0 atom stereocenters. The second kappa shape index (κ2) is 5.93. The zero-order chi connectivity index (χ0) is 14.8. The Bertz CT molecular complexity index is 701. The van der Waals surface area contributed by atoms with Crippen LogP contribution in [0.5, 0.6) is 0 Å². The van der Waals surface area contributed by atoms with E-state index >= 15 is 0 Å². The lowest BCUT2D eigenvalue weighted by Gasteiger charge is -2.23. The quantitative estimate of drug-likeness (QED) is 0.834. The van der Waals surface area contributed by atoms with Crippen molar-refractivity contribution >= 4 is 31.6 Å². The van der Waals surface area contributed by atoms with Crippen LogP contribution >= 0.6 is 15.9 Å². The van der Waals surface area contributed by atoms with E-state index in [0.29, 0.717) is 5.69 Å². The number of benzene rings is 2. The van der Waals surface area contributed by atoms with Crippen molar-refractivity contribution in [1.82, 2.24) is 0 Å². The monoisotopic (exact) mass is 357 g/mol. The van der Waals surface area contributed by atoms with Gasteiger partial charge in [0.25, 0.3) is 10.0 Å². The van der Waals surface area contributed by atoms with E-state index in [2.05, 4.69) is 15.9 Å². The fraction of sp³-hybridized carbons (Fsp3) is 0.143. The number of nitrogens with zero attached hydrogens (tertiary/aromatic N) is 1. The summed E-state index contributed by atoms with van der Waals surface area (Å²) in [6.07, 6.45) is 0. The largest absolute Gasteiger partial charge is 0.267 e. The number of rotatable bonds is 4. The molecule has 0 aliphatic carbocycles. The van der Waals surface area contributed by atoms with Gasteiger partial charge in [0.2, 0.25) is 0 Å². The number of sulfonamides is 1. The minimum absolute atomic E-state index is 0.0701. The lowest BCUT2D eigenvalue weighted by atomic mass is 10.3. The minimum Gasteiger partial charge on any atom is -0.267 e. The molecule has 0 saturated heterocycles. The van der Waals surface area contributed by atoms with Crippen molar-refractivity contribution in [3.05, 3.63) is 58.8 Å². The van der Waals surface area contributed by atoms with Crippen molar-refractivity contribution in [2.24, 2.45) is 0 Å². The zero-order valence-electron chi connectivity index (χ0n) is 10.8. The Morgan fingerprint density at radius 3 is 2.35 bits per heavy atom. The molecule has 0 aliphatic rings. The van der Waals surface area contributed by atoms with Crippen molar-refractivity contribution in [3.8, 4) is 0 Å². The molecule has 20 heavy (non-hydrogen) atoms. The fourth-order valence-electron chi connectivity index (χ4n) is 1.86. The lowest BCUT2D eigenvalue weighted by molar-refractivity contribution is 0.590. The van der Waals surface area contributed by atoms with Crippen LogP contribution in [-0.2, 0) is 10.0 Å². The lowest BCUT2D eigenvalue weighted by Crippen LogP contribution is -2.30. The highest BCUT2D eigenvalue weighted by molar-refractivity contribution is 9.10. The van der Waals surface area contributed by atoms with Gasteiger partial charge in [0.05, 0.1) is 10.6 Å². The Kier molecular flexibility index (Phi) is 4.45. The first kappa shape index (κ1) is 15.0. The second-order valence-electron chi connectivity index (χ2n) is 4.10. The van der Waals surface area contributed by atoms with Crippen LogP contribution in [0.25, 0.3) is 0 Å². The summed E-state index contributed by atoms with van der Waals surface area (Å²) in [5.41, 5.74) is 0.561. The van der Waals surface area contributed by atoms with Crippen molar-refractivity contribution < 1.29 is 12.8 Å². The number of hydrogen-bond acceptors (Lipinski definition) is 2. The third-order valence-corrected chi connectivity index (χ3v) is 5.20. The van der Waals surface area contributed by atoms with Gasteiger partial charge in [0, 0.05) is 11.0 Å². The molecule has 0 aliphatic heterocycles. The van der Waals surface area contributed by atoms with Crippen LogP contribution in [0.2, 0.25) is 0 Å². The van der Waals surface area contributed by atoms with E-state index in [1.165, 1.54) is 16.4 Å². The standard InChI is InChI=1S/C14H13BrFNO2S/c1-2-17(13-5-3-4-11(15)10-13)20(18,19)14-8-6-12(16)7-9-14/h3-10H,2H2,1H3. The van der Waals surface area contributed by atoms with Crippen molar-refractivity contribution in [2.45, 2.75) is 11.8 Å². The summed E-state index contributed by atoms with van der Waals surface area (Å²) >= 11 is 3.32. The molecule has 0 heterocycles.